The first-order valence-corrected chi connectivity index (χ1v) is 7.31. The third-order valence-corrected chi connectivity index (χ3v) is 3.34. The zero-order chi connectivity index (χ0) is 16.1. The lowest BCUT2D eigenvalue weighted by atomic mass is 10.2. The van der Waals surface area contributed by atoms with Crippen LogP contribution in [0, 0.1) is 0 Å². The Morgan fingerprint density at radius 1 is 1.09 bits per heavy atom. The summed E-state index contributed by atoms with van der Waals surface area (Å²) in [6, 6.07) is 14.7. The van der Waals surface area contributed by atoms with Gasteiger partial charge >= 0.3 is 6.03 Å². The van der Waals surface area contributed by atoms with Crippen molar-refractivity contribution in [3.63, 3.8) is 0 Å². The number of benzene rings is 1. The Morgan fingerprint density at radius 2 is 1.87 bits per heavy atom. The number of aromatic amines is 1. The Hall–Kier alpha value is -3.15. The van der Waals surface area contributed by atoms with Crippen molar-refractivity contribution in [3.05, 3.63) is 66.7 Å². The van der Waals surface area contributed by atoms with Crippen LogP contribution >= 0.6 is 0 Å². The number of anilines is 1. The highest BCUT2D eigenvalue weighted by atomic mass is 16.2. The molecule has 6 heteroatoms. The summed E-state index contributed by atoms with van der Waals surface area (Å²) in [5, 5.41) is 5.50. The van der Waals surface area contributed by atoms with E-state index in [1.165, 1.54) is 0 Å². The van der Waals surface area contributed by atoms with E-state index in [-0.39, 0.29) is 12.1 Å². The fourth-order valence-electron chi connectivity index (χ4n) is 2.18. The molecule has 0 saturated heterocycles. The van der Waals surface area contributed by atoms with Gasteiger partial charge in [-0.15, -0.1) is 0 Å². The van der Waals surface area contributed by atoms with Gasteiger partial charge in [-0.05, 0) is 24.6 Å². The summed E-state index contributed by atoms with van der Waals surface area (Å²) >= 11 is 0. The van der Waals surface area contributed by atoms with Gasteiger partial charge in [-0.25, -0.2) is 14.8 Å². The molecule has 3 N–H and O–H groups in total. The van der Waals surface area contributed by atoms with Crippen LogP contribution < -0.4 is 10.6 Å². The SMILES string of the molecule is C[C@@H](NC(=O)Nc1ccccn1)c1ncc(-c2ccccc2)[nH]1. The van der Waals surface area contributed by atoms with Crippen LogP contribution in [0.3, 0.4) is 0 Å². The van der Waals surface area contributed by atoms with E-state index in [0.29, 0.717) is 11.6 Å². The predicted molar refractivity (Wildman–Crippen MR) is 88.8 cm³/mol. The zero-order valence-corrected chi connectivity index (χ0v) is 12.7. The minimum Gasteiger partial charge on any atom is -0.340 e. The first kappa shape index (κ1) is 14.8. The molecule has 0 saturated carbocycles. The van der Waals surface area contributed by atoms with Crippen LogP contribution in [0.25, 0.3) is 11.3 Å². The predicted octanol–water partition coefficient (Wildman–Crippen LogP) is 3.35. The number of hydrogen-bond donors (Lipinski definition) is 3. The number of pyridine rings is 1. The Bertz CT molecular complexity index is 770. The van der Waals surface area contributed by atoms with Gasteiger partial charge in [-0.3, -0.25) is 5.32 Å². The van der Waals surface area contributed by atoms with Crippen LogP contribution in [0.1, 0.15) is 18.8 Å². The maximum Gasteiger partial charge on any atom is 0.320 e. The molecule has 0 bridgehead atoms. The summed E-state index contributed by atoms with van der Waals surface area (Å²) in [5.74, 6) is 1.20. The van der Waals surface area contributed by atoms with Crippen LogP contribution in [-0.2, 0) is 0 Å². The van der Waals surface area contributed by atoms with Gasteiger partial charge in [0.05, 0.1) is 17.9 Å². The number of hydrogen-bond acceptors (Lipinski definition) is 3. The number of nitrogens with one attached hydrogen (secondary N) is 3. The summed E-state index contributed by atoms with van der Waals surface area (Å²) in [4.78, 5) is 23.6. The molecule has 1 aromatic carbocycles. The second-order valence-corrected chi connectivity index (χ2v) is 5.08. The topological polar surface area (TPSA) is 82.7 Å². The van der Waals surface area contributed by atoms with Crippen molar-refractivity contribution in [1.82, 2.24) is 20.3 Å². The molecule has 6 nitrogen and oxygen atoms in total. The van der Waals surface area contributed by atoms with Crippen molar-refractivity contribution in [2.75, 3.05) is 5.32 Å². The Morgan fingerprint density at radius 3 is 2.61 bits per heavy atom. The van der Waals surface area contributed by atoms with Crippen LogP contribution in [-0.4, -0.2) is 21.0 Å². The summed E-state index contributed by atoms with van der Waals surface area (Å²) < 4.78 is 0. The first-order valence-electron chi connectivity index (χ1n) is 7.31. The summed E-state index contributed by atoms with van der Waals surface area (Å²) in [6.45, 7) is 1.87. The molecule has 0 aliphatic carbocycles. The van der Waals surface area contributed by atoms with E-state index < -0.39 is 0 Å². The van der Waals surface area contributed by atoms with Crippen LogP contribution in [0.15, 0.2) is 60.9 Å². The van der Waals surface area contributed by atoms with E-state index in [0.717, 1.165) is 11.3 Å². The highest BCUT2D eigenvalue weighted by molar-refractivity contribution is 5.88. The number of urea groups is 1. The number of aromatic nitrogens is 3. The van der Waals surface area contributed by atoms with Crippen molar-refractivity contribution in [2.45, 2.75) is 13.0 Å². The highest BCUT2D eigenvalue weighted by Gasteiger charge is 2.13. The highest BCUT2D eigenvalue weighted by Crippen LogP contribution is 2.18. The molecule has 3 rings (SSSR count). The lowest BCUT2D eigenvalue weighted by molar-refractivity contribution is 0.249. The minimum absolute atomic E-state index is 0.254. The van der Waals surface area contributed by atoms with Crippen molar-refractivity contribution in [1.29, 1.82) is 0 Å². The molecule has 2 heterocycles. The first-order chi connectivity index (χ1) is 11.2. The fraction of sp³-hybridized carbons (Fsp3) is 0.118. The van der Waals surface area contributed by atoms with Crippen molar-refractivity contribution < 1.29 is 4.79 Å². The maximum absolute atomic E-state index is 12.0. The Balaban J connectivity index is 1.63. The molecule has 0 radical (unpaired) electrons. The monoisotopic (exact) mass is 307 g/mol. The van der Waals surface area contributed by atoms with Gasteiger partial charge in [-0.1, -0.05) is 36.4 Å². The lowest BCUT2D eigenvalue weighted by Crippen LogP contribution is -2.31. The lowest BCUT2D eigenvalue weighted by Gasteiger charge is -2.12. The molecule has 2 amide bonds. The average Bonchev–Trinajstić information content (AvgIpc) is 3.06. The maximum atomic E-state index is 12.0. The fourth-order valence-corrected chi connectivity index (χ4v) is 2.18. The normalized spacial score (nSPS) is 11.7. The number of imidazole rings is 1. The number of H-pyrrole nitrogens is 1. The van der Waals surface area contributed by atoms with Gasteiger partial charge in [0.15, 0.2) is 0 Å². The molecule has 2 aromatic heterocycles. The third-order valence-electron chi connectivity index (χ3n) is 3.34. The van der Waals surface area contributed by atoms with Gasteiger partial charge in [0, 0.05) is 6.20 Å². The van der Waals surface area contributed by atoms with Gasteiger partial charge in [0.2, 0.25) is 0 Å². The van der Waals surface area contributed by atoms with Crippen molar-refractivity contribution in [3.8, 4) is 11.3 Å². The summed E-state index contributed by atoms with van der Waals surface area (Å²) in [5.41, 5.74) is 1.97. The molecular weight excluding hydrogens is 290 g/mol. The van der Waals surface area contributed by atoms with Gasteiger partial charge in [0.1, 0.15) is 11.6 Å². The van der Waals surface area contributed by atoms with Gasteiger partial charge in [-0.2, -0.15) is 0 Å². The third kappa shape index (κ3) is 3.74. The number of nitrogens with zero attached hydrogens (tertiary/aromatic N) is 2. The van der Waals surface area contributed by atoms with E-state index >= 15 is 0 Å². The number of rotatable bonds is 4. The van der Waals surface area contributed by atoms with Crippen LogP contribution in [0.2, 0.25) is 0 Å². The van der Waals surface area contributed by atoms with Crippen LogP contribution in [0.5, 0.6) is 0 Å². The van der Waals surface area contributed by atoms with E-state index in [1.807, 2.05) is 43.3 Å². The Labute approximate surface area is 134 Å². The molecule has 0 spiro atoms. The molecule has 0 aliphatic heterocycles. The molecular formula is C17H17N5O. The second-order valence-electron chi connectivity index (χ2n) is 5.08. The van der Waals surface area contributed by atoms with Crippen molar-refractivity contribution in [2.24, 2.45) is 0 Å². The van der Waals surface area contributed by atoms with Gasteiger partial charge in [0.25, 0.3) is 0 Å². The average molecular weight is 307 g/mol. The summed E-state index contributed by atoms with van der Waals surface area (Å²) in [7, 11) is 0. The van der Waals surface area contributed by atoms with E-state index in [1.54, 1.807) is 24.5 Å². The van der Waals surface area contributed by atoms with E-state index in [2.05, 4.69) is 25.6 Å². The molecule has 0 unspecified atom stereocenters. The molecule has 1 atom stereocenters. The number of amides is 2. The van der Waals surface area contributed by atoms with E-state index in [4.69, 9.17) is 0 Å². The van der Waals surface area contributed by atoms with Crippen molar-refractivity contribution >= 4 is 11.8 Å². The standard InChI is InChI=1S/C17H17N5O/c1-12(20-17(23)22-15-9-5-6-10-18-15)16-19-11-14(21-16)13-7-3-2-4-8-13/h2-12H,1H3,(H,19,21)(H2,18,20,22,23)/t12-/m1/s1. The largest absolute Gasteiger partial charge is 0.340 e. The molecule has 23 heavy (non-hydrogen) atoms. The van der Waals surface area contributed by atoms with Crippen LogP contribution in [0.4, 0.5) is 10.6 Å². The number of carbonyl (C=O) groups is 1. The Kier molecular flexibility index (Phi) is 4.33. The molecule has 116 valence electrons. The van der Waals surface area contributed by atoms with Gasteiger partial charge < -0.3 is 10.3 Å². The second kappa shape index (κ2) is 6.74. The zero-order valence-electron chi connectivity index (χ0n) is 12.7. The molecule has 3 aromatic rings. The quantitative estimate of drug-likeness (QED) is 0.691. The molecule has 0 fully saturated rings. The molecule has 0 aliphatic rings. The number of carbonyl (C=O) groups excluding carboxylic acids is 1. The minimum atomic E-state index is -0.325. The van der Waals surface area contributed by atoms with E-state index in [9.17, 15) is 4.79 Å². The smallest absolute Gasteiger partial charge is 0.320 e. The summed E-state index contributed by atoms with van der Waals surface area (Å²) in [6.07, 6.45) is 3.39.